The zero-order chi connectivity index (χ0) is 7.11. The molecule has 0 heterocycles. The standard InChI is InChI=1S/C6H14N2O/c7-4-1-2-6(9)3-5-8/h6-9H,1-5H2. The van der Waals surface area contributed by atoms with Gasteiger partial charge in [-0.15, -0.1) is 0 Å². The van der Waals surface area contributed by atoms with Crippen molar-refractivity contribution < 1.29 is 5.11 Å². The third kappa shape index (κ3) is 5.76. The lowest BCUT2D eigenvalue weighted by atomic mass is 10.1. The maximum Gasteiger partial charge on any atom is 0.0553 e. The van der Waals surface area contributed by atoms with Gasteiger partial charge in [0.2, 0.25) is 0 Å². The second-order valence-corrected chi connectivity index (χ2v) is 2.08. The average molecular weight is 130 g/mol. The average Bonchev–Trinajstić information content (AvgIpc) is 1.85. The Balaban J connectivity index is 2.95. The summed E-state index contributed by atoms with van der Waals surface area (Å²) in [7, 11) is 0. The third-order valence-electron chi connectivity index (χ3n) is 1.19. The van der Waals surface area contributed by atoms with Crippen LogP contribution in [0.4, 0.5) is 0 Å². The molecule has 2 radical (unpaired) electrons. The molecule has 0 saturated heterocycles. The van der Waals surface area contributed by atoms with E-state index in [9.17, 15) is 0 Å². The highest BCUT2D eigenvalue weighted by molar-refractivity contribution is 4.55. The number of hydrogen-bond acceptors (Lipinski definition) is 1. The number of aliphatic hydroxyl groups excluding tert-OH is 1. The maximum atomic E-state index is 8.98. The van der Waals surface area contributed by atoms with Gasteiger partial charge in [0.1, 0.15) is 0 Å². The van der Waals surface area contributed by atoms with Crippen molar-refractivity contribution in [2.24, 2.45) is 0 Å². The van der Waals surface area contributed by atoms with Crippen molar-refractivity contribution in [1.82, 2.24) is 11.5 Å². The van der Waals surface area contributed by atoms with Crippen molar-refractivity contribution in [3.05, 3.63) is 0 Å². The van der Waals surface area contributed by atoms with Crippen LogP contribution in [0.1, 0.15) is 19.3 Å². The molecule has 0 aromatic rings. The molecular formula is C6H14N2O. The molecule has 3 N–H and O–H groups in total. The minimum atomic E-state index is -0.340. The number of nitrogens with one attached hydrogen (secondary N) is 2. The zero-order valence-corrected chi connectivity index (χ0v) is 5.56. The smallest absolute Gasteiger partial charge is 0.0553 e. The van der Waals surface area contributed by atoms with Gasteiger partial charge in [-0.1, -0.05) is 0 Å². The molecule has 0 aliphatic rings. The highest BCUT2D eigenvalue weighted by Crippen LogP contribution is 1.98. The Bertz CT molecular complexity index is 59.0. The molecule has 54 valence electrons. The summed E-state index contributed by atoms with van der Waals surface area (Å²) in [4.78, 5) is 0. The molecular weight excluding hydrogens is 116 g/mol. The first kappa shape index (κ1) is 8.88. The van der Waals surface area contributed by atoms with E-state index in [1.54, 1.807) is 0 Å². The summed E-state index contributed by atoms with van der Waals surface area (Å²) in [5.74, 6) is 0. The summed E-state index contributed by atoms with van der Waals surface area (Å²) >= 11 is 0. The van der Waals surface area contributed by atoms with Crippen molar-refractivity contribution in [3.8, 4) is 0 Å². The van der Waals surface area contributed by atoms with Gasteiger partial charge < -0.3 is 5.11 Å². The van der Waals surface area contributed by atoms with Crippen LogP contribution in [0, 0.1) is 0 Å². The Kier molecular flexibility index (Phi) is 5.93. The summed E-state index contributed by atoms with van der Waals surface area (Å²) in [5, 5.41) is 8.98. The molecule has 0 aromatic carbocycles. The van der Waals surface area contributed by atoms with Crippen molar-refractivity contribution in [1.29, 1.82) is 0 Å². The van der Waals surface area contributed by atoms with Crippen LogP contribution in [-0.4, -0.2) is 24.3 Å². The van der Waals surface area contributed by atoms with Crippen LogP contribution in [0.2, 0.25) is 0 Å². The van der Waals surface area contributed by atoms with Crippen LogP contribution >= 0.6 is 0 Å². The van der Waals surface area contributed by atoms with Gasteiger partial charge >= 0.3 is 0 Å². The lowest BCUT2D eigenvalue weighted by Crippen LogP contribution is -2.09. The molecule has 0 rings (SSSR count). The third-order valence-corrected chi connectivity index (χ3v) is 1.19. The zero-order valence-electron chi connectivity index (χ0n) is 5.56. The maximum absolute atomic E-state index is 8.98. The largest absolute Gasteiger partial charge is 0.393 e. The van der Waals surface area contributed by atoms with Gasteiger partial charge in [0, 0.05) is 13.1 Å². The number of aliphatic hydroxyl groups is 1. The predicted octanol–water partition coefficient (Wildman–Crippen LogP) is 0.0834. The van der Waals surface area contributed by atoms with Gasteiger partial charge in [0.05, 0.1) is 6.10 Å². The first-order chi connectivity index (χ1) is 4.31. The molecule has 3 nitrogen and oxygen atoms in total. The van der Waals surface area contributed by atoms with E-state index >= 15 is 0 Å². The summed E-state index contributed by atoms with van der Waals surface area (Å²) in [6.45, 7) is 0.675. The van der Waals surface area contributed by atoms with Gasteiger partial charge in [0.25, 0.3) is 0 Å². The lowest BCUT2D eigenvalue weighted by Gasteiger charge is -2.05. The van der Waals surface area contributed by atoms with Crippen LogP contribution in [0.3, 0.4) is 0 Å². The Morgan fingerprint density at radius 1 is 1.11 bits per heavy atom. The molecule has 0 saturated carbocycles. The molecule has 1 unspecified atom stereocenters. The molecule has 3 heteroatoms. The summed E-state index contributed by atoms with van der Waals surface area (Å²) in [6.07, 6.45) is 1.65. The van der Waals surface area contributed by atoms with Crippen molar-refractivity contribution in [3.63, 3.8) is 0 Å². The first-order valence-corrected chi connectivity index (χ1v) is 3.28. The van der Waals surface area contributed by atoms with Gasteiger partial charge in [-0.25, -0.2) is 0 Å². The van der Waals surface area contributed by atoms with Crippen LogP contribution in [0.15, 0.2) is 0 Å². The molecule has 0 aliphatic heterocycles. The topological polar surface area (TPSA) is 67.8 Å². The molecule has 0 amide bonds. The molecule has 0 fully saturated rings. The number of rotatable bonds is 5. The molecule has 1 atom stereocenters. The molecule has 0 aliphatic carbocycles. The first-order valence-electron chi connectivity index (χ1n) is 3.28. The fourth-order valence-electron chi connectivity index (χ4n) is 0.649. The van der Waals surface area contributed by atoms with Gasteiger partial charge in [-0.2, -0.15) is 0 Å². The van der Waals surface area contributed by atoms with E-state index in [4.69, 9.17) is 16.6 Å². The number of hydrogen-bond donors (Lipinski definition) is 1. The second-order valence-electron chi connectivity index (χ2n) is 2.08. The fourth-order valence-corrected chi connectivity index (χ4v) is 0.649. The van der Waals surface area contributed by atoms with E-state index in [1.165, 1.54) is 0 Å². The summed E-state index contributed by atoms with van der Waals surface area (Å²) < 4.78 is 0. The monoisotopic (exact) mass is 130 g/mol. The minimum Gasteiger partial charge on any atom is -0.393 e. The predicted molar refractivity (Wildman–Crippen MR) is 35.8 cm³/mol. The van der Waals surface area contributed by atoms with Crippen molar-refractivity contribution in [2.45, 2.75) is 25.4 Å². The highest BCUT2D eigenvalue weighted by Gasteiger charge is 1.99. The molecule has 0 bridgehead atoms. The van der Waals surface area contributed by atoms with E-state index in [-0.39, 0.29) is 6.10 Å². The van der Waals surface area contributed by atoms with E-state index in [2.05, 4.69) is 0 Å². The molecule has 0 aromatic heterocycles. The van der Waals surface area contributed by atoms with Crippen molar-refractivity contribution in [2.75, 3.05) is 13.1 Å². The highest BCUT2D eigenvalue weighted by atomic mass is 16.3. The van der Waals surface area contributed by atoms with Crippen LogP contribution in [0.5, 0.6) is 0 Å². The van der Waals surface area contributed by atoms with Crippen LogP contribution in [-0.2, 0) is 0 Å². The lowest BCUT2D eigenvalue weighted by molar-refractivity contribution is 0.155. The molecule has 0 spiro atoms. The summed E-state index contributed by atoms with van der Waals surface area (Å²) in [5.41, 5.74) is 13.5. The molecule has 9 heavy (non-hydrogen) atoms. The van der Waals surface area contributed by atoms with E-state index < -0.39 is 0 Å². The normalized spacial score (nSPS) is 13.7. The minimum absolute atomic E-state index is 0.291. The summed E-state index contributed by atoms with van der Waals surface area (Å²) in [6, 6.07) is 0. The Morgan fingerprint density at radius 3 is 2.22 bits per heavy atom. The Morgan fingerprint density at radius 2 is 1.78 bits per heavy atom. The van der Waals surface area contributed by atoms with Gasteiger partial charge in [-0.3, -0.25) is 11.5 Å². The van der Waals surface area contributed by atoms with Crippen LogP contribution in [0.25, 0.3) is 0 Å². The van der Waals surface area contributed by atoms with Gasteiger partial charge in [0.15, 0.2) is 0 Å². The van der Waals surface area contributed by atoms with E-state index in [1.807, 2.05) is 0 Å². The quantitative estimate of drug-likeness (QED) is 0.562. The fraction of sp³-hybridized carbons (Fsp3) is 1.00. The van der Waals surface area contributed by atoms with E-state index in [0.717, 1.165) is 6.42 Å². The Hall–Kier alpha value is -0.120. The Labute approximate surface area is 56.0 Å². The van der Waals surface area contributed by atoms with Crippen molar-refractivity contribution >= 4 is 0 Å². The van der Waals surface area contributed by atoms with E-state index in [0.29, 0.717) is 25.9 Å². The van der Waals surface area contributed by atoms with Crippen LogP contribution < -0.4 is 11.5 Å². The SMILES string of the molecule is [NH]CCCC(O)CC[NH]. The second kappa shape index (κ2) is 6.01. The van der Waals surface area contributed by atoms with Gasteiger partial charge in [-0.05, 0) is 19.3 Å².